The lowest BCUT2D eigenvalue weighted by Gasteiger charge is -2.14. The van der Waals surface area contributed by atoms with Crippen molar-refractivity contribution in [2.24, 2.45) is 0 Å². The van der Waals surface area contributed by atoms with Crippen molar-refractivity contribution in [3.63, 3.8) is 0 Å². The molecule has 0 bridgehead atoms. The first-order valence-electron chi connectivity index (χ1n) is 7.11. The monoisotopic (exact) mass is 264 g/mol. The lowest BCUT2D eigenvalue weighted by Crippen LogP contribution is -2.14. The van der Waals surface area contributed by atoms with Crippen molar-refractivity contribution in [2.45, 2.75) is 39.0 Å². The molecule has 0 aromatic carbocycles. The topological polar surface area (TPSA) is 59.1 Å². The van der Waals surface area contributed by atoms with E-state index in [4.69, 9.17) is 4.74 Å². The van der Waals surface area contributed by atoms with Gasteiger partial charge in [-0.15, -0.1) is 0 Å². The number of anilines is 2. The van der Waals surface area contributed by atoms with Gasteiger partial charge in [-0.2, -0.15) is 0 Å². The average molecular weight is 264 g/mol. The predicted molar refractivity (Wildman–Crippen MR) is 77.9 cm³/mol. The third-order valence-corrected chi connectivity index (χ3v) is 3.25. The van der Waals surface area contributed by atoms with Crippen molar-refractivity contribution in [1.29, 1.82) is 0 Å². The number of nitrogens with one attached hydrogen (secondary N) is 2. The van der Waals surface area contributed by atoms with E-state index in [1.807, 2.05) is 0 Å². The molecule has 19 heavy (non-hydrogen) atoms. The summed E-state index contributed by atoms with van der Waals surface area (Å²) in [5, 5.41) is 6.73. The van der Waals surface area contributed by atoms with Crippen LogP contribution in [0.3, 0.4) is 0 Å². The molecule has 1 aliphatic rings. The van der Waals surface area contributed by atoms with Crippen LogP contribution in [0.15, 0.2) is 0 Å². The van der Waals surface area contributed by atoms with Crippen LogP contribution in [0, 0.1) is 6.92 Å². The van der Waals surface area contributed by atoms with E-state index in [2.05, 4.69) is 34.4 Å². The van der Waals surface area contributed by atoms with Crippen LogP contribution in [-0.2, 0) is 4.74 Å². The third-order valence-electron chi connectivity index (χ3n) is 3.25. The summed E-state index contributed by atoms with van der Waals surface area (Å²) >= 11 is 0. The summed E-state index contributed by atoms with van der Waals surface area (Å²) in [6.45, 7) is 6.61. The summed E-state index contributed by atoms with van der Waals surface area (Å²) in [5.41, 5.74) is 1.09. The van der Waals surface area contributed by atoms with Crippen molar-refractivity contribution in [2.75, 3.05) is 37.4 Å². The summed E-state index contributed by atoms with van der Waals surface area (Å²) in [5.74, 6) is 3.45. The Labute approximate surface area is 115 Å². The minimum atomic E-state index is 0.561. The maximum absolute atomic E-state index is 5.07. The second-order valence-electron chi connectivity index (χ2n) is 5.02. The van der Waals surface area contributed by atoms with E-state index >= 15 is 0 Å². The first-order chi connectivity index (χ1) is 9.26. The highest BCUT2D eigenvalue weighted by Gasteiger charge is 2.28. The van der Waals surface area contributed by atoms with Gasteiger partial charge in [0.15, 0.2) is 0 Å². The highest BCUT2D eigenvalue weighted by molar-refractivity contribution is 5.57. The van der Waals surface area contributed by atoms with Gasteiger partial charge in [0.1, 0.15) is 17.5 Å². The molecule has 5 nitrogen and oxygen atoms in total. The molecular formula is C14H24N4O. The summed E-state index contributed by atoms with van der Waals surface area (Å²) in [6.07, 6.45) is 3.52. The zero-order valence-electron chi connectivity index (χ0n) is 12.1. The summed E-state index contributed by atoms with van der Waals surface area (Å²) < 4.78 is 5.07. The highest BCUT2D eigenvalue weighted by Crippen LogP contribution is 2.39. The van der Waals surface area contributed by atoms with Crippen molar-refractivity contribution in [1.82, 2.24) is 9.97 Å². The van der Waals surface area contributed by atoms with Gasteiger partial charge < -0.3 is 15.4 Å². The van der Waals surface area contributed by atoms with E-state index in [1.54, 1.807) is 7.11 Å². The van der Waals surface area contributed by atoms with E-state index < -0.39 is 0 Å². The predicted octanol–water partition coefficient (Wildman–Crippen LogP) is 2.54. The molecule has 1 heterocycles. The van der Waals surface area contributed by atoms with Crippen molar-refractivity contribution in [3.8, 4) is 0 Å². The van der Waals surface area contributed by atoms with Gasteiger partial charge in [0.2, 0.25) is 0 Å². The number of nitrogens with zero attached hydrogens (tertiary/aromatic N) is 2. The Kier molecular flexibility index (Phi) is 4.96. The Morgan fingerprint density at radius 1 is 1.16 bits per heavy atom. The van der Waals surface area contributed by atoms with Crippen LogP contribution < -0.4 is 10.6 Å². The van der Waals surface area contributed by atoms with Gasteiger partial charge in [-0.3, -0.25) is 0 Å². The fourth-order valence-electron chi connectivity index (χ4n) is 1.92. The highest BCUT2D eigenvalue weighted by atomic mass is 16.5. The standard InChI is InChI=1S/C14H24N4O/c1-4-7-15-12-10(2)13(16-8-9-19-3)18-14(17-12)11-5-6-11/h11H,4-9H2,1-3H3,(H2,15,16,17,18). The molecule has 0 spiro atoms. The van der Waals surface area contributed by atoms with Crippen LogP contribution in [0.1, 0.15) is 43.5 Å². The van der Waals surface area contributed by atoms with Crippen molar-refractivity contribution >= 4 is 11.6 Å². The van der Waals surface area contributed by atoms with Crippen molar-refractivity contribution in [3.05, 3.63) is 11.4 Å². The van der Waals surface area contributed by atoms with Gasteiger partial charge in [-0.1, -0.05) is 6.92 Å². The Morgan fingerprint density at radius 2 is 1.79 bits per heavy atom. The van der Waals surface area contributed by atoms with Crippen molar-refractivity contribution < 1.29 is 4.74 Å². The first kappa shape index (κ1) is 14.1. The van der Waals surface area contributed by atoms with E-state index in [0.717, 1.165) is 42.5 Å². The van der Waals surface area contributed by atoms with Crippen LogP contribution in [0.4, 0.5) is 11.6 Å². The van der Waals surface area contributed by atoms with Gasteiger partial charge in [-0.05, 0) is 26.2 Å². The molecule has 0 unspecified atom stereocenters. The minimum Gasteiger partial charge on any atom is -0.383 e. The molecule has 1 aromatic rings. The van der Waals surface area contributed by atoms with E-state index in [1.165, 1.54) is 12.8 Å². The van der Waals surface area contributed by atoms with Gasteiger partial charge in [-0.25, -0.2) is 9.97 Å². The Morgan fingerprint density at radius 3 is 2.32 bits per heavy atom. The van der Waals surface area contributed by atoms with E-state index in [9.17, 15) is 0 Å². The minimum absolute atomic E-state index is 0.561. The molecule has 5 heteroatoms. The fraction of sp³-hybridized carbons (Fsp3) is 0.714. The molecule has 1 aromatic heterocycles. The molecule has 1 fully saturated rings. The zero-order chi connectivity index (χ0) is 13.7. The lowest BCUT2D eigenvalue weighted by molar-refractivity contribution is 0.210. The summed E-state index contributed by atoms with van der Waals surface area (Å²) in [7, 11) is 1.71. The third kappa shape index (κ3) is 3.80. The number of hydrogen-bond acceptors (Lipinski definition) is 5. The molecule has 2 N–H and O–H groups in total. The Hall–Kier alpha value is -1.36. The number of hydrogen-bond donors (Lipinski definition) is 2. The molecule has 0 aliphatic heterocycles. The quantitative estimate of drug-likeness (QED) is 0.707. The summed E-state index contributed by atoms with van der Waals surface area (Å²) in [6, 6.07) is 0. The summed E-state index contributed by atoms with van der Waals surface area (Å²) in [4.78, 5) is 9.32. The lowest BCUT2D eigenvalue weighted by atomic mass is 10.2. The van der Waals surface area contributed by atoms with Gasteiger partial charge in [0, 0.05) is 31.7 Å². The van der Waals surface area contributed by atoms with Crippen LogP contribution in [-0.4, -0.2) is 36.8 Å². The molecule has 1 aliphatic carbocycles. The SMILES string of the molecule is CCCNc1nc(C2CC2)nc(NCCOC)c1C. The Bertz CT molecular complexity index is 418. The maximum atomic E-state index is 5.07. The van der Waals surface area contributed by atoms with Crippen LogP contribution in [0.2, 0.25) is 0 Å². The number of methoxy groups -OCH3 is 1. The van der Waals surface area contributed by atoms with Gasteiger partial charge in [0.05, 0.1) is 6.61 Å². The first-order valence-corrected chi connectivity index (χ1v) is 7.11. The fourth-order valence-corrected chi connectivity index (χ4v) is 1.92. The largest absolute Gasteiger partial charge is 0.383 e. The van der Waals surface area contributed by atoms with E-state index in [-0.39, 0.29) is 0 Å². The second kappa shape index (κ2) is 6.70. The van der Waals surface area contributed by atoms with Gasteiger partial charge >= 0.3 is 0 Å². The molecule has 2 rings (SSSR count). The normalized spacial score (nSPS) is 14.5. The number of aromatic nitrogens is 2. The molecular weight excluding hydrogens is 240 g/mol. The van der Waals surface area contributed by atoms with E-state index in [0.29, 0.717) is 12.5 Å². The maximum Gasteiger partial charge on any atom is 0.136 e. The molecule has 0 radical (unpaired) electrons. The second-order valence-corrected chi connectivity index (χ2v) is 5.02. The molecule has 106 valence electrons. The molecule has 0 saturated heterocycles. The zero-order valence-corrected chi connectivity index (χ0v) is 12.1. The Balaban J connectivity index is 2.16. The van der Waals surface area contributed by atoms with Crippen LogP contribution in [0.5, 0.6) is 0 Å². The molecule has 0 amide bonds. The average Bonchev–Trinajstić information content (AvgIpc) is 3.24. The smallest absolute Gasteiger partial charge is 0.136 e. The van der Waals surface area contributed by atoms with Crippen LogP contribution >= 0.6 is 0 Å². The molecule has 0 atom stereocenters. The number of ether oxygens (including phenoxy) is 1. The van der Waals surface area contributed by atoms with Gasteiger partial charge in [0.25, 0.3) is 0 Å². The molecule has 1 saturated carbocycles. The van der Waals surface area contributed by atoms with Crippen LogP contribution in [0.25, 0.3) is 0 Å². The number of rotatable bonds is 8.